The predicted octanol–water partition coefficient (Wildman–Crippen LogP) is 3.76. The summed E-state index contributed by atoms with van der Waals surface area (Å²) < 4.78 is 0. The highest BCUT2D eigenvalue weighted by Crippen LogP contribution is 2.19. The Bertz CT molecular complexity index is 676. The van der Waals surface area contributed by atoms with Gasteiger partial charge in [-0.15, -0.1) is 35.3 Å². The highest BCUT2D eigenvalue weighted by atomic mass is 127. The van der Waals surface area contributed by atoms with Gasteiger partial charge in [0.1, 0.15) is 0 Å². The summed E-state index contributed by atoms with van der Waals surface area (Å²) >= 11 is 1.73. The highest BCUT2D eigenvalue weighted by Gasteiger charge is 2.10. The summed E-state index contributed by atoms with van der Waals surface area (Å²) in [5.41, 5.74) is 2.23. The Morgan fingerprint density at radius 1 is 1.22 bits per heavy atom. The lowest BCUT2D eigenvalue weighted by molar-refractivity contribution is 0.268. The summed E-state index contributed by atoms with van der Waals surface area (Å²) in [5, 5.41) is 19.6. The molecular formula is C20H31IN4OS. The molecule has 0 radical (unpaired) electrons. The van der Waals surface area contributed by atoms with E-state index in [9.17, 15) is 5.11 Å². The first-order valence-corrected chi connectivity index (χ1v) is 10.1. The van der Waals surface area contributed by atoms with E-state index >= 15 is 0 Å². The molecule has 0 aliphatic carbocycles. The second-order valence-corrected chi connectivity index (χ2v) is 7.41. The Balaban J connectivity index is 0.00000364. The number of nitrogens with one attached hydrogen (secondary N) is 2. The number of aliphatic hydroxyl groups excluding tert-OH is 1. The van der Waals surface area contributed by atoms with Crippen LogP contribution in [-0.4, -0.2) is 42.3 Å². The second-order valence-electron chi connectivity index (χ2n) is 6.52. The Labute approximate surface area is 183 Å². The number of guanidine groups is 1. The van der Waals surface area contributed by atoms with Crippen molar-refractivity contribution < 1.29 is 5.11 Å². The van der Waals surface area contributed by atoms with Crippen molar-refractivity contribution in [1.29, 1.82) is 0 Å². The number of aliphatic hydroxyl groups is 1. The first-order valence-electron chi connectivity index (χ1n) is 9.26. The monoisotopic (exact) mass is 502 g/mol. The lowest BCUT2D eigenvalue weighted by atomic mass is 10.0. The van der Waals surface area contributed by atoms with E-state index in [2.05, 4.69) is 39.8 Å². The van der Waals surface area contributed by atoms with Crippen LogP contribution in [0.15, 0.2) is 40.7 Å². The fourth-order valence-corrected chi connectivity index (χ4v) is 3.42. The zero-order valence-electron chi connectivity index (χ0n) is 16.3. The van der Waals surface area contributed by atoms with Crippen LogP contribution in [0, 0.1) is 0 Å². The van der Waals surface area contributed by atoms with Crippen molar-refractivity contribution in [2.24, 2.45) is 4.99 Å². The summed E-state index contributed by atoms with van der Waals surface area (Å²) in [4.78, 5) is 9.31. The third kappa shape index (κ3) is 8.15. The van der Waals surface area contributed by atoms with Crippen molar-refractivity contribution in [3.63, 3.8) is 0 Å². The molecule has 2 rings (SSSR count). The molecule has 1 heterocycles. The highest BCUT2D eigenvalue weighted by molar-refractivity contribution is 14.0. The molecule has 1 aromatic carbocycles. The van der Waals surface area contributed by atoms with Crippen LogP contribution in [-0.2, 0) is 6.42 Å². The molecule has 7 heteroatoms. The molecule has 5 nitrogen and oxygen atoms in total. The number of hydrogen-bond acceptors (Lipinski definition) is 4. The number of halogens is 1. The molecule has 0 aliphatic heterocycles. The van der Waals surface area contributed by atoms with Crippen LogP contribution in [0.2, 0.25) is 0 Å². The lowest BCUT2D eigenvalue weighted by Gasteiger charge is -2.15. The molecule has 0 saturated heterocycles. The molecule has 3 N–H and O–H groups in total. The average molecular weight is 502 g/mol. The summed E-state index contributed by atoms with van der Waals surface area (Å²) in [7, 11) is 0. The zero-order valence-corrected chi connectivity index (χ0v) is 19.5. The van der Waals surface area contributed by atoms with Gasteiger partial charge in [0.2, 0.25) is 0 Å². The third-order valence-electron chi connectivity index (χ3n) is 4.04. The van der Waals surface area contributed by atoms with Crippen LogP contribution in [0.5, 0.6) is 0 Å². The van der Waals surface area contributed by atoms with Gasteiger partial charge in [-0.3, -0.25) is 4.99 Å². The van der Waals surface area contributed by atoms with Gasteiger partial charge in [0.25, 0.3) is 0 Å². The van der Waals surface area contributed by atoms with E-state index in [0.717, 1.165) is 36.7 Å². The van der Waals surface area contributed by atoms with E-state index in [1.807, 2.05) is 37.3 Å². The molecule has 27 heavy (non-hydrogen) atoms. The molecule has 0 fully saturated rings. The normalized spacial score (nSPS) is 12.6. The fraction of sp³-hybridized carbons (Fsp3) is 0.500. The quantitative estimate of drug-likeness (QED) is 0.278. The number of nitrogens with zero attached hydrogens (tertiary/aromatic N) is 2. The smallest absolute Gasteiger partial charge is 0.191 e. The molecule has 0 amide bonds. The first kappa shape index (κ1) is 23.8. The van der Waals surface area contributed by atoms with Crippen molar-refractivity contribution in [3.8, 4) is 0 Å². The van der Waals surface area contributed by atoms with Crippen molar-refractivity contribution in [3.05, 3.63) is 52.0 Å². The molecule has 0 bridgehead atoms. The summed E-state index contributed by atoms with van der Waals surface area (Å²) in [6, 6.07) is 10.0. The van der Waals surface area contributed by atoms with Gasteiger partial charge in [-0.05, 0) is 12.5 Å². The maximum atomic E-state index is 9.68. The van der Waals surface area contributed by atoms with E-state index in [-0.39, 0.29) is 36.5 Å². The Kier molecular flexibility index (Phi) is 11.5. The van der Waals surface area contributed by atoms with Crippen molar-refractivity contribution in [2.45, 2.75) is 39.0 Å². The summed E-state index contributed by atoms with van der Waals surface area (Å²) in [6.45, 7) is 8.60. The fourth-order valence-electron chi connectivity index (χ4n) is 2.55. The van der Waals surface area contributed by atoms with Gasteiger partial charge in [-0.2, -0.15) is 0 Å². The van der Waals surface area contributed by atoms with Gasteiger partial charge < -0.3 is 15.7 Å². The Morgan fingerprint density at radius 3 is 2.56 bits per heavy atom. The van der Waals surface area contributed by atoms with Crippen LogP contribution >= 0.6 is 35.3 Å². The van der Waals surface area contributed by atoms with Crippen LogP contribution < -0.4 is 10.6 Å². The lowest BCUT2D eigenvalue weighted by Crippen LogP contribution is -2.38. The maximum absolute atomic E-state index is 9.68. The maximum Gasteiger partial charge on any atom is 0.191 e. The molecule has 0 spiro atoms. The molecule has 1 atom stereocenters. The van der Waals surface area contributed by atoms with Crippen molar-refractivity contribution >= 4 is 41.3 Å². The van der Waals surface area contributed by atoms with E-state index in [0.29, 0.717) is 12.5 Å². The number of thiazole rings is 1. The van der Waals surface area contributed by atoms with Gasteiger partial charge in [-0.25, -0.2) is 4.98 Å². The minimum Gasteiger partial charge on any atom is -0.396 e. The van der Waals surface area contributed by atoms with Crippen LogP contribution in [0.1, 0.15) is 48.9 Å². The SMILES string of the molecule is CCNC(=NCC(CO)c1ccccc1)NCCc1csc(C(C)C)n1.I. The Hall–Kier alpha value is -1.19. The number of benzene rings is 1. The first-order chi connectivity index (χ1) is 12.6. The molecule has 0 aliphatic rings. The number of rotatable bonds is 9. The summed E-state index contributed by atoms with van der Waals surface area (Å²) in [5.74, 6) is 1.27. The third-order valence-corrected chi connectivity index (χ3v) is 5.24. The van der Waals surface area contributed by atoms with Gasteiger partial charge in [0.15, 0.2) is 5.96 Å². The molecule has 0 saturated carbocycles. The number of aromatic nitrogens is 1. The van der Waals surface area contributed by atoms with Gasteiger partial charge in [-0.1, -0.05) is 44.2 Å². The van der Waals surface area contributed by atoms with Gasteiger partial charge >= 0.3 is 0 Å². The molecular weight excluding hydrogens is 471 g/mol. The molecule has 1 aromatic heterocycles. The number of hydrogen-bond donors (Lipinski definition) is 3. The van der Waals surface area contributed by atoms with Crippen molar-refractivity contribution in [2.75, 3.05) is 26.2 Å². The van der Waals surface area contributed by atoms with Gasteiger partial charge in [0, 0.05) is 36.7 Å². The summed E-state index contributed by atoms with van der Waals surface area (Å²) in [6.07, 6.45) is 0.871. The average Bonchev–Trinajstić information content (AvgIpc) is 3.12. The largest absolute Gasteiger partial charge is 0.396 e. The van der Waals surface area contributed by atoms with E-state index < -0.39 is 0 Å². The number of aliphatic imine (C=N–C) groups is 1. The van der Waals surface area contributed by atoms with E-state index in [1.165, 1.54) is 5.01 Å². The molecule has 150 valence electrons. The van der Waals surface area contributed by atoms with Crippen LogP contribution in [0.25, 0.3) is 0 Å². The molecule has 1 unspecified atom stereocenters. The van der Waals surface area contributed by atoms with Crippen LogP contribution in [0.3, 0.4) is 0 Å². The van der Waals surface area contributed by atoms with Crippen LogP contribution in [0.4, 0.5) is 0 Å². The van der Waals surface area contributed by atoms with E-state index in [4.69, 9.17) is 0 Å². The van der Waals surface area contributed by atoms with Gasteiger partial charge in [0.05, 0.1) is 23.9 Å². The van der Waals surface area contributed by atoms with Crippen molar-refractivity contribution in [1.82, 2.24) is 15.6 Å². The topological polar surface area (TPSA) is 69.5 Å². The molecule has 2 aromatic rings. The zero-order chi connectivity index (χ0) is 18.8. The minimum absolute atomic E-state index is 0. The minimum atomic E-state index is 0. The predicted molar refractivity (Wildman–Crippen MR) is 126 cm³/mol. The standard InChI is InChI=1S/C20H30N4OS.HI/c1-4-21-20(22-11-10-18-14-26-19(24-18)15(2)3)23-12-17(13-25)16-8-6-5-7-9-16;/h5-9,14-15,17,25H,4,10-13H2,1-3H3,(H2,21,22,23);1H. The second kappa shape index (κ2) is 13.1. The Morgan fingerprint density at radius 2 is 1.96 bits per heavy atom. The van der Waals surface area contributed by atoms with E-state index in [1.54, 1.807) is 11.3 Å².